The van der Waals surface area contributed by atoms with E-state index in [-0.39, 0.29) is 11.4 Å². The van der Waals surface area contributed by atoms with Crippen LogP contribution < -0.4 is 5.32 Å². The Labute approximate surface area is 94.4 Å². The highest BCUT2D eigenvalue weighted by atomic mass is 79.9. The molecule has 0 aliphatic heterocycles. The van der Waals surface area contributed by atoms with Crippen LogP contribution in [0.5, 0.6) is 0 Å². The first-order chi connectivity index (χ1) is 6.67. The van der Waals surface area contributed by atoms with Crippen molar-refractivity contribution in [2.45, 2.75) is 25.3 Å². The summed E-state index contributed by atoms with van der Waals surface area (Å²) in [6.45, 7) is 1.80. The van der Waals surface area contributed by atoms with Crippen LogP contribution in [0.15, 0.2) is 0 Å². The van der Waals surface area contributed by atoms with E-state index in [2.05, 4.69) is 30.8 Å². The molecule has 0 unspecified atom stereocenters. The lowest BCUT2D eigenvalue weighted by Gasteiger charge is -2.12. The predicted octanol–water partition coefficient (Wildman–Crippen LogP) is 1.50. The molecular formula is C8H10BrN3OS. The van der Waals surface area contributed by atoms with Gasteiger partial charge in [-0.1, -0.05) is 20.4 Å². The van der Waals surface area contributed by atoms with Gasteiger partial charge in [0.15, 0.2) is 0 Å². The Kier molecular flexibility index (Phi) is 2.57. The lowest BCUT2D eigenvalue weighted by molar-refractivity contribution is 0.0940. The molecule has 0 aromatic carbocycles. The molecule has 0 bridgehead atoms. The molecule has 1 N–H and O–H groups in total. The van der Waals surface area contributed by atoms with Gasteiger partial charge in [-0.3, -0.25) is 4.79 Å². The van der Waals surface area contributed by atoms with Crippen molar-refractivity contribution in [3.8, 4) is 0 Å². The zero-order chi connectivity index (χ0) is 10.2. The zero-order valence-electron chi connectivity index (χ0n) is 7.71. The van der Waals surface area contributed by atoms with Gasteiger partial charge in [0.2, 0.25) is 0 Å². The maximum atomic E-state index is 11.7. The fraction of sp³-hybridized carbons (Fsp3) is 0.625. The molecule has 1 aromatic heterocycles. The van der Waals surface area contributed by atoms with E-state index in [1.165, 1.54) is 0 Å². The van der Waals surface area contributed by atoms with Gasteiger partial charge in [-0.2, -0.15) is 0 Å². The van der Waals surface area contributed by atoms with Gasteiger partial charge < -0.3 is 5.32 Å². The second-order valence-electron chi connectivity index (χ2n) is 3.56. The highest BCUT2D eigenvalue weighted by molar-refractivity contribution is 9.09. The SMILES string of the molecule is Cc1nnsc1C(=O)NC1(CBr)CC1. The van der Waals surface area contributed by atoms with E-state index < -0.39 is 0 Å². The van der Waals surface area contributed by atoms with E-state index in [1.807, 2.05) is 0 Å². The van der Waals surface area contributed by atoms with Gasteiger partial charge in [0.25, 0.3) is 5.91 Å². The summed E-state index contributed by atoms with van der Waals surface area (Å²) in [7, 11) is 0. The van der Waals surface area contributed by atoms with Crippen molar-refractivity contribution in [3.05, 3.63) is 10.6 Å². The van der Waals surface area contributed by atoms with Crippen LogP contribution in [0.3, 0.4) is 0 Å². The average Bonchev–Trinajstić information content (AvgIpc) is 2.80. The van der Waals surface area contributed by atoms with E-state index in [9.17, 15) is 4.79 Å². The van der Waals surface area contributed by atoms with Gasteiger partial charge in [0.1, 0.15) is 4.88 Å². The van der Waals surface area contributed by atoms with Crippen molar-refractivity contribution in [2.24, 2.45) is 0 Å². The zero-order valence-corrected chi connectivity index (χ0v) is 10.1. The van der Waals surface area contributed by atoms with Crippen LogP contribution in [0.2, 0.25) is 0 Å². The third-order valence-electron chi connectivity index (χ3n) is 2.35. The number of aromatic nitrogens is 2. The summed E-state index contributed by atoms with van der Waals surface area (Å²) < 4.78 is 3.74. The molecule has 1 saturated carbocycles. The van der Waals surface area contributed by atoms with Crippen molar-refractivity contribution in [1.29, 1.82) is 0 Å². The van der Waals surface area contributed by atoms with Crippen LogP contribution in [0.1, 0.15) is 28.2 Å². The van der Waals surface area contributed by atoms with Crippen molar-refractivity contribution in [3.63, 3.8) is 0 Å². The number of aryl methyl sites for hydroxylation is 1. The normalized spacial score (nSPS) is 17.9. The smallest absolute Gasteiger partial charge is 0.265 e. The highest BCUT2D eigenvalue weighted by Gasteiger charge is 2.43. The van der Waals surface area contributed by atoms with Gasteiger partial charge in [0.05, 0.1) is 11.2 Å². The summed E-state index contributed by atoms with van der Waals surface area (Å²) in [5, 5.41) is 7.63. The van der Waals surface area contributed by atoms with Crippen LogP contribution >= 0.6 is 27.5 Å². The topological polar surface area (TPSA) is 54.9 Å². The van der Waals surface area contributed by atoms with Crippen LogP contribution in [0, 0.1) is 6.92 Å². The van der Waals surface area contributed by atoms with Gasteiger partial charge >= 0.3 is 0 Å². The van der Waals surface area contributed by atoms with Gasteiger partial charge in [-0.05, 0) is 31.3 Å². The standard InChI is InChI=1S/C8H10BrN3OS/c1-5-6(14-12-11-5)7(13)10-8(4-9)2-3-8/h2-4H2,1H3,(H,10,13). The fourth-order valence-electron chi connectivity index (χ4n) is 1.18. The summed E-state index contributed by atoms with van der Waals surface area (Å²) in [6, 6.07) is 0. The second kappa shape index (κ2) is 3.58. The van der Waals surface area contributed by atoms with Gasteiger partial charge in [0, 0.05) is 5.33 Å². The Morgan fingerprint density at radius 2 is 2.43 bits per heavy atom. The molecule has 0 saturated heterocycles. The Balaban J connectivity index is 2.07. The summed E-state index contributed by atoms with van der Waals surface area (Å²) in [5.41, 5.74) is 0.700. The number of alkyl halides is 1. The van der Waals surface area contributed by atoms with E-state index >= 15 is 0 Å². The van der Waals surface area contributed by atoms with E-state index in [4.69, 9.17) is 0 Å². The Morgan fingerprint density at radius 1 is 1.71 bits per heavy atom. The number of hydrogen-bond donors (Lipinski definition) is 1. The summed E-state index contributed by atoms with van der Waals surface area (Å²) in [4.78, 5) is 12.4. The highest BCUT2D eigenvalue weighted by Crippen LogP contribution is 2.37. The minimum absolute atomic E-state index is 0.00644. The number of carbonyl (C=O) groups excluding carboxylic acids is 1. The number of nitrogens with one attached hydrogen (secondary N) is 1. The molecule has 1 fully saturated rings. The molecule has 2 rings (SSSR count). The fourth-order valence-corrected chi connectivity index (χ4v) is 2.43. The number of amides is 1. The minimum Gasteiger partial charge on any atom is -0.345 e. The monoisotopic (exact) mass is 275 g/mol. The maximum absolute atomic E-state index is 11.7. The molecule has 76 valence electrons. The maximum Gasteiger partial charge on any atom is 0.265 e. The number of hydrogen-bond acceptors (Lipinski definition) is 4. The first-order valence-corrected chi connectivity index (χ1v) is 6.24. The second-order valence-corrected chi connectivity index (χ2v) is 4.87. The average molecular weight is 276 g/mol. The minimum atomic E-state index is -0.0468. The lowest BCUT2D eigenvalue weighted by Crippen LogP contribution is -2.37. The van der Waals surface area contributed by atoms with Crippen molar-refractivity contribution < 1.29 is 4.79 Å². The van der Waals surface area contributed by atoms with E-state index in [1.54, 1.807) is 6.92 Å². The van der Waals surface area contributed by atoms with Crippen LogP contribution in [0.25, 0.3) is 0 Å². The molecule has 1 aromatic rings. The molecule has 4 nitrogen and oxygen atoms in total. The van der Waals surface area contributed by atoms with Gasteiger partial charge in [-0.25, -0.2) is 0 Å². The Hall–Kier alpha value is -0.490. The largest absolute Gasteiger partial charge is 0.345 e. The Morgan fingerprint density at radius 3 is 2.86 bits per heavy atom. The quantitative estimate of drug-likeness (QED) is 0.851. The number of halogens is 1. The Bertz CT molecular complexity index is 361. The molecule has 14 heavy (non-hydrogen) atoms. The molecule has 0 spiro atoms. The molecule has 1 heterocycles. The molecule has 0 radical (unpaired) electrons. The molecule has 1 amide bonds. The third-order valence-corrected chi connectivity index (χ3v) is 4.25. The predicted molar refractivity (Wildman–Crippen MR) is 57.9 cm³/mol. The molecular weight excluding hydrogens is 266 g/mol. The molecule has 1 aliphatic carbocycles. The third kappa shape index (κ3) is 1.81. The van der Waals surface area contributed by atoms with Crippen molar-refractivity contribution in [2.75, 3.05) is 5.33 Å². The van der Waals surface area contributed by atoms with E-state index in [0.29, 0.717) is 10.6 Å². The van der Waals surface area contributed by atoms with Crippen molar-refractivity contribution in [1.82, 2.24) is 14.9 Å². The van der Waals surface area contributed by atoms with Crippen LogP contribution in [-0.2, 0) is 0 Å². The number of rotatable bonds is 3. The number of nitrogens with zero attached hydrogens (tertiary/aromatic N) is 2. The summed E-state index contributed by atoms with van der Waals surface area (Å²) in [6.07, 6.45) is 2.10. The van der Waals surface area contributed by atoms with Crippen LogP contribution in [0.4, 0.5) is 0 Å². The first-order valence-electron chi connectivity index (χ1n) is 4.34. The van der Waals surface area contributed by atoms with Crippen LogP contribution in [-0.4, -0.2) is 26.4 Å². The summed E-state index contributed by atoms with van der Waals surface area (Å²) >= 11 is 4.55. The van der Waals surface area contributed by atoms with E-state index in [0.717, 1.165) is 29.7 Å². The van der Waals surface area contributed by atoms with Crippen molar-refractivity contribution >= 4 is 33.4 Å². The summed E-state index contributed by atoms with van der Waals surface area (Å²) in [5.74, 6) is -0.0468. The first kappa shape index (κ1) is 10.0. The molecule has 0 atom stereocenters. The number of carbonyl (C=O) groups is 1. The molecule has 1 aliphatic rings. The molecule has 6 heteroatoms. The van der Waals surface area contributed by atoms with Gasteiger partial charge in [-0.15, -0.1) is 5.10 Å². The lowest BCUT2D eigenvalue weighted by atomic mass is 10.3.